The number of rotatable bonds is 6. The van der Waals surface area contributed by atoms with Gasteiger partial charge in [-0.1, -0.05) is 91.8 Å². The maximum Gasteiger partial charge on any atom is 0.146 e. The molecule has 8 nitrogen and oxygen atoms in total. The number of nitrogens with zero attached hydrogens (tertiary/aromatic N) is 6. The van der Waals surface area contributed by atoms with Gasteiger partial charge in [0.2, 0.25) is 0 Å². The lowest BCUT2D eigenvalue weighted by Gasteiger charge is -2.33. The first-order valence-electron chi connectivity index (χ1n) is 15.5. The number of benzene rings is 4. The molecule has 8 heteroatoms. The van der Waals surface area contributed by atoms with Crippen LogP contribution < -0.4 is 0 Å². The highest BCUT2D eigenvalue weighted by Crippen LogP contribution is 2.42. The van der Waals surface area contributed by atoms with Crippen molar-refractivity contribution in [3.63, 3.8) is 0 Å². The van der Waals surface area contributed by atoms with Crippen LogP contribution in [0.1, 0.15) is 84.1 Å². The Morgan fingerprint density at radius 3 is 1.31 bits per heavy atom. The van der Waals surface area contributed by atoms with Crippen molar-refractivity contribution in [1.82, 2.24) is 30.0 Å². The van der Waals surface area contributed by atoms with E-state index in [2.05, 4.69) is 71.7 Å². The van der Waals surface area contributed by atoms with E-state index in [1.807, 2.05) is 66.7 Å². The summed E-state index contributed by atoms with van der Waals surface area (Å²) >= 11 is 0. The summed E-state index contributed by atoms with van der Waals surface area (Å²) in [5.74, 6) is 0.155. The van der Waals surface area contributed by atoms with Crippen molar-refractivity contribution < 1.29 is 10.2 Å². The second kappa shape index (κ2) is 10.7. The van der Waals surface area contributed by atoms with Crippen molar-refractivity contribution in [1.29, 1.82) is 0 Å². The van der Waals surface area contributed by atoms with Crippen LogP contribution in [0.4, 0.5) is 0 Å². The third-order valence-corrected chi connectivity index (χ3v) is 8.34. The van der Waals surface area contributed by atoms with Gasteiger partial charge in [0.05, 0.1) is 0 Å². The molecule has 6 rings (SSSR count). The van der Waals surface area contributed by atoms with Crippen LogP contribution in [0, 0.1) is 5.41 Å². The Kier molecular flexibility index (Phi) is 7.22. The fourth-order valence-corrected chi connectivity index (χ4v) is 6.32. The van der Waals surface area contributed by atoms with Crippen LogP contribution in [-0.2, 0) is 17.3 Å². The third-order valence-electron chi connectivity index (χ3n) is 8.34. The highest BCUT2D eigenvalue weighted by Gasteiger charge is 2.30. The second-order valence-corrected chi connectivity index (χ2v) is 15.0. The Morgan fingerprint density at radius 2 is 0.933 bits per heavy atom. The Hall–Kier alpha value is -4.72. The number of phenolic OH excluding ortho intramolecular Hbond substituents is 2. The molecule has 0 saturated carbocycles. The van der Waals surface area contributed by atoms with E-state index in [0.717, 1.165) is 39.6 Å². The molecule has 0 aliphatic rings. The lowest BCUT2D eigenvalue weighted by molar-refractivity contribution is 0.284. The van der Waals surface area contributed by atoms with E-state index in [0.29, 0.717) is 22.5 Å². The summed E-state index contributed by atoms with van der Waals surface area (Å²) in [6.45, 7) is 17.6. The minimum absolute atomic E-state index is 0.0755. The normalized spacial score (nSPS) is 12.8. The molecule has 6 aromatic rings. The van der Waals surface area contributed by atoms with Crippen LogP contribution in [0.5, 0.6) is 11.5 Å². The molecule has 0 aliphatic heterocycles. The van der Waals surface area contributed by atoms with E-state index in [1.165, 1.54) is 9.59 Å². The topological polar surface area (TPSA) is 102 Å². The van der Waals surface area contributed by atoms with Crippen molar-refractivity contribution in [2.75, 3.05) is 0 Å². The van der Waals surface area contributed by atoms with Gasteiger partial charge in [-0.2, -0.15) is 0 Å². The Balaban J connectivity index is 1.54. The predicted molar refractivity (Wildman–Crippen MR) is 180 cm³/mol. The number of phenols is 2. The summed E-state index contributed by atoms with van der Waals surface area (Å²) < 4.78 is 0. The summed E-state index contributed by atoms with van der Waals surface area (Å²) in [5, 5.41) is 42.3. The van der Waals surface area contributed by atoms with Crippen LogP contribution in [-0.4, -0.2) is 40.2 Å². The monoisotopic (exact) mass is 602 g/mol. The van der Waals surface area contributed by atoms with Crippen molar-refractivity contribution >= 4 is 22.1 Å². The van der Waals surface area contributed by atoms with E-state index in [4.69, 9.17) is 10.2 Å². The Bertz CT molecular complexity index is 1970. The summed E-state index contributed by atoms with van der Waals surface area (Å²) in [7, 11) is 0. The van der Waals surface area contributed by atoms with E-state index in [-0.39, 0.29) is 34.2 Å². The van der Waals surface area contributed by atoms with Gasteiger partial charge >= 0.3 is 0 Å². The van der Waals surface area contributed by atoms with Gasteiger partial charge < -0.3 is 10.2 Å². The number of aromatic nitrogens is 6. The zero-order valence-corrected chi connectivity index (χ0v) is 27.4. The molecular weight excluding hydrogens is 560 g/mol. The molecule has 0 atom stereocenters. The van der Waals surface area contributed by atoms with E-state index < -0.39 is 0 Å². The molecule has 0 saturated heterocycles. The fraction of sp³-hybridized carbons (Fsp3) is 0.351. The molecule has 0 bridgehead atoms. The van der Waals surface area contributed by atoms with Gasteiger partial charge in [-0.15, -0.1) is 30.0 Å². The third kappa shape index (κ3) is 6.01. The molecule has 2 aromatic heterocycles. The van der Waals surface area contributed by atoms with Crippen LogP contribution in [0.3, 0.4) is 0 Å². The Labute approximate surface area is 264 Å². The number of aromatic hydroxyl groups is 2. The van der Waals surface area contributed by atoms with E-state index in [1.54, 1.807) is 0 Å². The van der Waals surface area contributed by atoms with Crippen LogP contribution in [0.15, 0.2) is 72.8 Å². The first-order chi connectivity index (χ1) is 21.1. The van der Waals surface area contributed by atoms with Crippen LogP contribution in [0.2, 0.25) is 0 Å². The molecule has 0 amide bonds. The average Bonchev–Trinajstić information content (AvgIpc) is 3.57. The zero-order chi connectivity index (χ0) is 32.3. The lowest BCUT2D eigenvalue weighted by Crippen LogP contribution is -2.25. The first-order valence-corrected chi connectivity index (χ1v) is 15.5. The average molecular weight is 603 g/mol. The maximum absolute atomic E-state index is 11.8. The highest BCUT2D eigenvalue weighted by molar-refractivity contribution is 5.75. The summed E-state index contributed by atoms with van der Waals surface area (Å²) in [6.07, 6.45) is 1.20. The number of fused-ring (bicyclic) bond motifs is 2. The van der Waals surface area contributed by atoms with Crippen molar-refractivity contribution in [2.24, 2.45) is 5.41 Å². The first kappa shape index (κ1) is 30.3. The molecule has 2 heterocycles. The van der Waals surface area contributed by atoms with Gasteiger partial charge in [0.25, 0.3) is 0 Å². The molecule has 0 fully saturated rings. The summed E-state index contributed by atoms with van der Waals surface area (Å²) in [6, 6.07) is 23.4. The SMILES string of the molecule is CC(C)(C)CC(C)(C)c1cc(Cc2cc(C(C)(C)C)cc(-n3nc4ccccc4n3)c2O)c(O)c(-n2nc3ccccc3n2)c1. The van der Waals surface area contributed by atoms with E-state index in [9.17, 15) is 10.2 Å². The molecular formula is C37H42N6O2. The van der Waals surface area contributed by atoms with Gasteiger partial charge in [0.15, 0.2) is 0 Å². The van der Waals surface area contributed by atoms with Crippen molar-refractivity contribution in [2.45, 2.75) is 79.1 Å². The summed E-state index contributed by atoms with van der Waals surface area (Å²) in [5.41, 5.74) is 7.07. The van der Waals surface area contributed by atoms with Gasteiger partial charge in [0.1, 0.15) is 44.9 Å². The fourth-order valence-electron chi connectivity index (χ4n) is 6.32. The molecule has 232 valence electrons. The van der Waals surface area contributed by atoms with Gasteiger partial charge in [-0.25, -0.2) is 0 Å². The minimum atomic E-state index is -0.221. The second-order valence-electron chi connectivity index (χ2n) is 15.0. The lowest BCUT2D eigenvalue weighted by atomic mass is 9.72. The predicted octanol–water partition coefficient (Wildman–Crippen LogP) is 8.17. The quantitative estimate of drug-likeness (QED) is 0.199. The molecule has 0 spiro atoms. The summed E-state index contributed by atoms with van der Waals surface area (Å²) in [4.78, 5) is 3.03. The standard InChI is InChI=1S/C37H42N6O2/c1-35(2,3)22-37(7,8)26-19-24(34(45)32(21-26)43-40-29-15-11-12-16-30(29)41-43)17-23-18-25(36(4,5)6)20-31(33(23)44)42-38-27-13-9-10-14-28(27)39-42/h9-16,18-21,44-45H,17,22H2,1-8H3. The van der Waals surface area contributed by atoms with Crippen molar-refractivity contribution in [3.8, 4) is 22.9 Å². The van der Waals surface area contributed by atoms with Crippen molar-refractivity contribution in [3.05, 3.63) is 95.1 Å². The van der Waals surface area contributed by atoms with Crippen LogP contribution >= 0.6 is 0 Å². The molecule has 45 heavy (non-hydrogen) atoms. The van der Waals surface area contributed by atoms with Gasteiger partial charge in [-0.3, -0.25) is 0 Å². The number of hydrogen-bond acceptors (Lipinski definition) is 6. The minimum Gasteiger partial charge on any atom is -0.505 e. The molecule has 0 radical (unpaired) electrons. The van der Waals surface area contributed by atoms with Crippen LogP contribution in [0.25, 0.3) is 33.4 Å². The Morgan fingerprint density at radius 1 is 0.556 bits per heavy atom. The highest BCUT2D eigenvalue weighted by atomic mass is 16.3. The van der Waals surface area contributed by atoms with Gasteiger partial charge in [0, 0.05) is 17.5 Å². The molecule has 0 unspecified atom stereocenters. The largest absolute Gasteiger partial charge is 0.505 e. The maximum atomic E-state index is 11.8. The molecule has 0 aliphatic carbocycles. The van der Waals surface area contributed by atoms with E-state index >= 15 is 0 Å². The molecule has 4 aromatic carbocycles. The smallest absolute Gasteiger partial charge is 0.146 e. The van der Waals surface area contributed by atoms with Gasteiger partial charge in [-0.05, 0) is 70.2 Å². The zero-order valence-electron chi connectivity index (χ0n) is 27.4. The number of hydrogen-bond donors (Lipinski definition) is 2. The molecule has 2 N–H and O–H groups in total.